The summed E-state index contributed by atoms with van der Waals surface area (Å²) in [5.74, 6) is 0. The lowest BCUT2D eigenvalue weighted by Crippen LogP contribution is -1.98. The number of fused-ring (bicyclic) bond motifs is 1. The van der Waals surface area contributed by atoms with Gasteiger partial charge in [-0.2, -0.15) is 0 Å². The molecule has 0 atom stereocenters. The molecule has 0 aliphatic carbocycles. The van der Waals surface area contributed by atoms with Crippen molar-refractivity contribution in [1.82, 2.24) is 4.98 Å². The Morgan fingerprint density at radius 1 is 1.00 bits per heavy atom. The van der Waals surface area contributed by atoms with E-state index < -0.39 is 4.92 Å². The summed E-state index contributed by atoms with van der Waals surface area (Å²) in [6.45, 7) is 0.990. The highest BCUT2D eigenvalue weighted by Gasteiger charge is 2.10. The average molecular weight is 338 g/mol. The number of methoxy groups -OCH3 is 2. The molecule has 0 amide bonds. The normalized spacial score (nSPS) is 11.0. The highest BCUT2D eigenvalue weighted by atomic mass is 16.6. The minimum atomic E-state index is -0.404. The molecule has 3 aromatic rings. The van der Waals surface area contributed by atoms with Gasteiger partial charge in [0.2, 0.25) is 0 Å². The van der Waals surface area contributed by atoms with Gasteiger partial charge in [-0.15, -0.1) is 0 Å². The summed E-state index contributed by atoms with van der Waals surface area (Å²) >= 11 is 0. The third-order valence-corrected chi connectivity index (χ3v) is 3.99. The summed E-state index contributed by atoms with van der Waals surface area (Å²) in [7, 11) is 3.31. The van der Waals surface area contributed by atoms with E-state index in [1.54, 1.807) is 26.5 Å². The van der Waals surface area contributed by atoms with Crippen molar-refractivity contribution in [3.05, 3.63) is 69.9 Å². The molecule has 0 saturated heterocycles. The van der Waals surface area contributed by atoms with Gasteiger partial charge in [0.1, 0.15) is 0 Å². The van der Waals surface area contributed by atoms with Crippen LogP contribution in [-0.4, -0.2) is 24.1 Å². The van der Waals surface area contributed by atoms with Crippen molar-refractivity contribution in [2.24, 2.45) is 0 Å². The molecule has 6 heteroatoms. The minimum absolute atomic E-state index is 0.0508. The van der Waals surface area contributed by atoms with Gasteiger partial charge in [0.15, 0.2) is 0 Å². The van der Waals surface area contributed by atoms with Crippen molar-refractivity contribution in [3.8, 4) is 11.3 Å². The van der Waals surface area contributed by atoms with Crippen LogP contribution in [0.5, 0.6) is 0 Å². The van der Waals surface area contributed by atoms with Crippen molar-refractivity contribution < 1.29 is 14.4 Å². The second kappa shape index (κ2) is 7.38. The molecule has 0 unspecified atom stereocenters. The van der Waals surface area contributed by atoms with E-state index in [1.807, 2.05) is 18.2 Å². The van der Waals surface area contributed by atoms with E-state index in [0.29, 0.717) is 24.5 Å². The first kappa shape index (κ1) is 17.0. The number of ether oxygens (including phenoxy) is 2. The number of nitro benzene ring substituents is 1. The Labute approximate surface area is 145 Å². The Balaban J connectivity index is 2.08. The molecule has 0 radical (unpaired) electrons. The average Bonchev–Trinajstić information content (AvgIpc) is 2.62. The summed E-state index contributed by atoms with van der Waals surface area (Å²) in [5.41, 5.74) is 3.56. The molecule has 0 fully saturated rings. The fourth-order valence-electron chi connectivity index (χ4n) is 2.80. The molecule has 1 heterocycles. The van der Waals surface area contributed by atoms with Gasteiger partial charge < -0.3 is 9.47 Å². The van der Waals surface area contributed by atoms with Crippen LogP contribution in [0.15, 0.2) is 48.7 Å². The molecule has 0 N–H and O–H groups in total. The Morgan fingerprint density at radius 3 is 2.32 bits per heavy atom. The SMILES string of the molecule is COCc1cc2cnc(-c3cccc([N+](=O)[O-])c3)cc2cc1COC. The molecule has 2 aromatic carbocycles. The maximum atomic E-state index is 11.0. The summed E-state index contributed by atoms with van der Waals surface area (Å²) in [4.78, 5) is 15.0. The van der Waals surface area contributed by atoms with Gasteiger partial charge in [-0.1, -0.05) is 12.1 Å². The second-order valence-corrected chi connectivity index (χ2v) is 5.71. The Kier molecular flexibility index (Phi) is 5.02. The van der Waals surface area contributed by atoms with Crippen LogP contribution in [0.4, 0.5) is 5.69 Å². The molecule has 0 aliphatic rings. The van der Waals surface area contributed by atoms with Crippen molar-refractivity contribution in [2.75, 3.05) is 14.2 Å². The molecule has 0 saturated carbocycles. The number of hydrogen-bond donors (Lipinski definition) is 0. The molecule has 3 rings (SSSR count). The zero-order valence-electron chi connectivity index (χ0n) is 14.1. The smallest absolute Gasteiger partial charge is 0.270 e. The van der Waals surface area contributed by atoms with Gasteiger partial charge in [0.25, 0.3) is 5.69 Å². The number of nitro groups is 1. The predicted octanol–water partition coefficient (Wildman–Crippen LogP) is 4.10. The van der Waals surface area contributed by atoms with Crippen LogP contribution < -0.4 is 0 Å². The first-order chi connectivity index (χ1) is 12.1. The molecular weight excluding hydrogens is 320 g/mol. The zero-order valence-corrected chi connectivity index (χ0v) is 14.1. The molecule has 128 valence electrons. The van der Waals surface area contributed by atoms with Crippen LogP contribution in [0.1, 0.15) is 11.1 Å². The van der Waals surface area contributed by atoms with Crippen molar-refractivity contribution in [2.45, 2.75) is 13.2 Å². The largest absolute Gasteiger partial charge is 0.380 e. The van der Waals surface area contributed by atoms with E-state index in [4.69, 9.17) is 9.47 Å². The third-order valence-electron chi connectivity index (χ3n) is 3.99. The molecule has 0 aliphatic heterocycles. The van der Waals surface area contributed by atoms with Crippen molar-refractivity contribution >= 4 is 16.5 Å². The number of aromatic nitrogens is 1. The molecule has 1 aromatic heterocycles. The summed E-state index contributed by atoms with van der Waals surface area (Å²) in [5, 5.41) is 13.0. The van der Waals surface area contributed by atoms with E-state index in [1.165, 1.54) is 12.1 Å². The summed E-state index contributed by atoms with van der Waals surface area (Å²) < 4.78 is 10.5. The Bertz CT molecular complexity index is 924. The lowest BCUT2D eigenvalue weighted by Gasteiger charge is -2.11. The first-order valence-electron chi connectivity index (χ1n) is 7.76. The number of pyridine rings is 1. The number of hydrogen-bond acceptors (Lipinski definition) is 5. The monoisotopic (exact) mass is 338 g/mol. The lowest BCUT2D eigenvalue weighted by atomic mass is 10.0. The van der Waals surface area contributed by atoms with Crippen molar-refractivity contribution in [3.63, 3.8) is 0 Å². The van der Waals surface area contributed by atoms with Gasteiger partial charge >= 0.3 is 0 Å². The quantitative estimate of drug-likeness (QED) is 0.499. The molecule has 25 heavy (non-hydrogen) atoms. The van der Waals surface area contributed by atoms with E-state index in [-0.39, 0.29) is 5.69 Å². The third kappa shape index (κ3) is 3.65. The summed E-state index contributed by atoms with van der Waals surface area (Å²) in [6, 6.07) is 12.5. The second-order valence-electron chi connectivity index (χ2n) is 5.71. The van der Waals surface area contributed by atoms with Gasteiger partial charge in [0, 0.05) is 43.5 Å². The van der Waals surface area contributed by atoms with Gasteiger partial charge in [-0.05, 0) is 34.7 Å². The number of benzene rings is 2. The molecule has 0 spiro atoms. The van der Waals surface area contributed by atoms with E-state index in [2.05, 4.69) is 11.1 Å². The standard InChI is InChI=1S/C19H18N2O4/c1-24-11-16-6-14-9-19(13-4-3-5-18(8-13)21(22)23)20-10-15(14)7-17(16)12-25-2/h3-10H,11-12H2,1-2H3. The summed E-state index contributed by atoms with van der Waals surface area (Å²) in [6.07, 6.45) is 1.78. The maximum Gasteiger partial charge on any atom is 0.270 e. The van der Waals surface area contributed by atoms with E-state index in [0.717, 1.165) is 21.9 Å². The van der Waals surface area contributed by atoms with Gasteiger partial charge in [-0.3, -0.25) is 15.1 Å². The van der Waals surface area contributed by atoms with E-state index in [9.17, 15) is 10.1 Å². The van der Waals surface area contributed by atoms with Crippen LogP contribution in [0.25, 0.3) is 22.0 Å². The van der Waals surface area contributed by atoms with Crippen molar-refractivity contribution in [1.29, 1.82) is 0 Å². The minimum Gasteiger partial charge on any atom is -0.380 e. The molecular formula is C19H18N2O4. The van der Waals surface area contributed by atoms with Crippen LogP contribution in [-0.2, 0) is 22.7 Å². The number of rotatable bonds is 6. The molecule has 6 nitrogen and oxygen atoms in total. The molecule has 0 bridgehead atoms. The predicted molar refractivity (Wildman–Crippen MR) is 95.3 cm³/mol. The Morgan fingerprint density at radius 2 is 1.68 bits per heavy atom. The zero-order chi connectivity index (χ0) is 17.8. The van der Waals surface area contributed by atoms with Crippen LogP contribution in [0, 0.1) is 10.1 Å². The topological polar surface area (TPSA) is 74.5 Å². The van der Waals surface area contributed by atoms with Crippen LogP contribution in [0.3, 0.4) is 0 Å². The Hall–Kier alpha value is -2.83. The maximum absolute atomic E-state index is 11.0. The van der Waals surface area contributed by atoms with Crippen LogP contribution in [0.2, 0.25) is 0 Å². The van der Waals surface area contributed by atoms with Crippen LogP contribution >= 0.6 is 0 Å². The highest BCUT2D eigenvalue weighted by Crippen LogP contribution is 2.27. The van der Waals surface area contributed by atoms with Gasteiger partial charge in [-0.25, -0.2) is 0 Å². The van der Waals surface area contributed by atoms with Gasteiger partial charge in [0.05, 0.1) is 23.8 Å². The highest BCUT2D eigenvalue weighted by molar-refractivity contribution is 5.86. The van der Waals surface area contributed by atoms with E-state index >= 15 is 0 Å². The fourth-order valence-corrected chi connectivity index (χ4v) is 2.80. The first-order valence-corrected chi connectivity index (χ1v) is 7.76. The lowest BCUT2D eigenvalue weighted by molar-refractivity contribution is -0.384. The fraction of sp³-hybridized carbons (Fsp3) is 0.211. The number of nitrogens with zero attached hydrogens (tertiary/aromatic N) is 2. The number of non-ortho nitro benzene ring substituents is 1.